The molecule has 1 fully saturated rings. The maximum atomic E-state index is 3.75. The maximum absolute atomic E-state index is 3.75. The van der Waals surface area contributed by atoms with Crippen molar-refractivity contribution in [3.8, 4) is 0 Å². The van der Waals surface area contributed by atoms with Gasteiger partial charge in [0.1, 0.15) is 0 Å². The lowest BCUT2D eigenvalue weighted by atomic mass is 10.0. The molecule has 4 heteroatoms. The van der Waals surface area contributed by atoms with Gasteiger partial charge in [-0.05, 0) is 68.4 Å². The minimum atomic E-state index is 0.273. The third-order valence-corrected chi connectivity index (χ3v) is 5.11. The van der Waals surface area contributed by atoms with Gasteiger partial charge >= 0.3 is 0 Å². The highest BCUT2D eigenvalue weighted by atomic mass is 79.9. The first-order valence-corrected chi connectivity index (χ1v) is 8.59. The van der Waals surface area contributed by atoms with E-state index in [1.165, 1.54) is 15.7 Å². The average molecular weight is 354 g/mol. The fourth-order valence-corrected chi connectivity index (χ4v) is 3.48. The summed E-state index contributed by atoms with van der Waals surface area (Å²) in [5.41, 5.74) is 2.91. The number of nitrogens with zero attached hydrogens (tertiary/aromatic N) is 2. The summed E-state index contributed by atoms with van der Waals surface area (Å²) < 4.78 is 1.20. The first-order valence-electron chi connectivity index (χ1n) is 7.79. The van der Waals surface area contributed by atoms with Gasteiger partial charge in [-0.3, -0.25) is 4.90 Å². The third-order valence-electron chi connectivity index (χ3n) is 4.47. The first-order chi connectivity index (χ1) is 9.82. The molecule has 0 radical (unpaired) electrons. The minimum Gasteiger partial charge on any atom is -0.368 e. The topological polar surface area (TPSA) is 18.5 Å². The van der Waals surface area contributed by atoms with Crippen molar-refractivity contribution in [2.75, 3.05) is 38.1 Å². The van der Waals surface area contributed by atoms with Gasteiger partial charge in [0.25, 0.3) is 0 Å². The van der Waals surface area contributed by atoms with Gasteiger partial charge in [-0.15, -0.1) is 0 Å². The van der Waals surface area contributed by atoms with E-state index in [-0.39, 0.29) is 5.54 Å². The van der Waals surface area contributed by atoms with Gasteiger partial charge < -0.3 is 10.2 Å². The molecular formula is C17H28BrN3. The van der Waals surface area contributed by atoms with E-state index in [9.17, 15) is 0 Å². The second-order valence-electron chi connectivity index (χ2n) is 6.87. The van der Waals surface area contributed by atoms with Crippen LogP contribution in [0.2, 0.25) is 0 Å². The summed E-state index contributed by atoms with van der Waals surface area (Å²) in [5, 5.41) is 3.29. The van der Waals surface area contributed by atoms with Crippen LogP contribution >= 0.6 is 15.9 Å². The molecule has 2 rings (SSSR count). The number of anilines is 1. The zero-order chi connectivity index (χ0) is 15.6. The molecule has 0 aromatic heterocycles. The molecule has 1 aliphatic rings. The molecule has 21 heavy (non-hydrogen) atoms. The molecule has 0 amide bonds. The smallest absolute Gasteiger partial charge is 0.0511 e. The molecule has 1 aliphatic heterocycles. The van der Waals surface area contributed by atoms with Gasteiger partial charge in [0.15, 0.2) is 0 Å². The van der Waals surface area contributed by atoms with Crippen LogP contribution in [0.5, 0.6) is 0 Å². The lowest BCUT2D eigenvalue weighted by molar-refractivity contribution is 0.128. The van der Waals surface area contributed by atoms with Crippen LogP contribution in [0.1, 0.15) is 39.3 Å². The fraction of sp³-hybridized carbons (Fsp3) is 0.647. The Morgan fingerprint density at radius 1 is 1.14 bits per heavy atom. The van der Waals surface area contributed by atoms with E-state index in [1.807, 2.05) is 7.05 Å². The van der Waals surface area contributed by atoms with Gasteiger partial charge in [0, 0.05) is 42.2 Å². The summed E-state index contributed by atoms with van der Waals surface area (Å²) in [6.07, 6.45) is 0. The first kappa shape index (κ1) is 16.8. The van der Waals surface area contributed by atoms with E-state index in [4.69, 9.17) is 0 Å². The van der Waals surface area contributed by atoms with Crippen molar-refractivity contribution in [1.29, 1.82) is 0 Å². The zero-order valence-electron chi connectivity index (χ0n) is 13.9. The van der Waals surface area contributed by atoms with Crippen molar-refractivity contribution >= 4 is 21.6 Å². The van der Waals surface area contributed by atoms with E-state index in [2.05, 4.69) is 76.9 Å². The normalized spacial score (nSPS) is 18.9. The number of nitrogens with one attached hydrogen (secondary N) is 1. The second-order valence-corrected chi connectivity index (χ2v) is 7.72. The number of rotatable bonds is 3. The molecule has 118 valence electrons. The summed E-state index contributed by atoms with van der Waals surface area (Å²) in [6.45, 7) is 13.5. The van der Waals surface area contributed by atoms with Gasteiger partial charge in [0.2, 0.25) is 0 Å². The van der Waals surface area contributed by atoms with Crippen molar-refractivity contribution in [2.24, 2.45) is 0 Å². The fourth-order valence-electron chi connectivity index (χ4n) is 2.83. The Labute approximate surface area is 137 Å². The van der Waals surface area contributed by atoms with E-state index in [0.29, 0.717) is 6.04 Å². The van der Waals surface area contributed by atoms with Crippen LogP contribution in [-0.2, 0) is 0 Å². The monoisotopic (exact) mass is 353 g/mol. The predicted molar refractivity (Wildman–Crippen MR) is 95.2 cm³/mol. The van der Waals surface area contributed by atoms with Crippen LogP contribution in [0.15, 0.2) is 22.7 Å². The van der Waals surface area contributed by atoms with E-state index in [0.717, 1.165) is 26.2 Å². The van der Waals surface area contributed by atoms with E-state index < -0.39 is 0 Å². The highest BCUT2D eigenvalue weighted by Crippen LogP contribution is 2.30. The van der Waals surface area contributed by atoms with Gasteiger partial charge in [-0.1, -0.05) is 6.07 Å². The van der Waals surface area contributed by atoms with Crippen molar-refractivity contribution in [1.82, 2.24) is 10.2 Å². The molecule has 1 atom stereocenters. The van der Waals surface area contributed by atoms with Crippen LogP contribution in [-0.4, -0.2) is 43.7 Å². The van der Waals surface area contributed by atoms with Crippen molar-refractivity contribution < 1.29 is 0 Å². The van der Waals surface area contributed by atoms with Crippen molar-refractivity contribution in [3.05, 3.63) is 28.2 Å². The van der Waals surface area contributed by atoms with Crippen molar-refractivity contribution in [3.63, 3.8) is 0 Å². The molecule has 0 bridgehead atoms. The van der Waals surface area contributed by atoms with Crippen LogP contribution in [0.4, 0.5) is 5.69 Å². The molecule has 1 heterocycles. The largest absolute Gasteiger partial charge is 0.368 e. The quantitative estimate of drug-likeness (QED) is 0.894. The van der Waals surface area contributed by atoms with Gasteiger partial charge in [0.05, 0.1) is 5.69 Å². The molecule has 1 aromatic carbocycles. The summed E-state index contributed by atoms with van der Waals surface area (Å²) in [6, 6.07) is 7.11. The Morgan fingerprint density at radius 2 is 1.76 bits per heavy atom. The lowest BCUT2D eigenvalue weighted by Crippen LogP contribution is -2.53. The highest BCUT2D eigenvalue weighted by Gasteiger charge is 2.26. The number of hydrogen-bond acceptors (Lipinski definition) is 3. The number of halogens is 1. The molecular weight excluding hydrogens is 326 g/mol. The number of hydrogen-bond donors (Lipinski definition) is 1. The molecule has 3 nitrogen and oxygen atoms in total. The van der Waals surface area contributed by atoms with Crippen LogP contribution < -0.4 is 10.2 Å². The average Bonchev–Trinajstić information content (AvgIpc) is 2.45. The highest BCUT2D eigenvalue weighted by molar-refractivity contribution is 9.10. The summed E-state index contributed by atoms with van der Waals surface area (Å²) in [5.74, 6) is 0. The van der Waals surface area contributed by atoms with E-state index in [1.54, 1.807) is 0 Å². The molecule has 1 saturated heterocycles. The summed E-state index contributed by atoms with van der Waals surface area (Å²) >= 11 is 3.75. The maximum Gasteiger partial charge on any atom is 0.0511 e. The number of piperazine rings is 1. The Morgan fingerprint density at radius 3 is 2.24 bits per heavy atom. The summed E-state index contributed by atoms with van der Waals surface area (Å²) in [4.78, 5) is 5.05. The van der Waals surface area contributed by atoms with Crippen molar-refractivity contribution in [2.45, 2.75) is 39.3 Å². The molecule has 1 N–H and O–H groups in total. The Bertz CT molecular complexity index is 473. The Hall–Kier alpha value is -0.580. The lowest BCUT2D eigenvalue weighted by Gasteiger charge is -2.43. The molecule has 1 unspecified atom stereocenters. The SMILES string of the molecule is CNC(C)c1ccc(N2CCN(C(C)(C)C)CC2)c(Br)c1. The molecule has 0 aliphatic carbocycles. The standard InChI is InChI=1S/C17H28BrN3/c1-13(19-5)14-6-7-16(15(18)12-14)20-8-10-21(11-9-20)17(2,3)4/h6-7,12-13,19H,8-11H2,1-5H3. The molecule has 0 spiro atoms. The van der Waals surface area contributed by atoms with Crippen LogP contribution in [0.3, 0.4) is 0 Å². The van der Waals surface area contributed by atoms with E-state index >= 15 is 0 Å². The Balaban J connectivity index is 2.07. The third kappa shape index (κ3) is 3.99. The minimum absolute atomic E-state index is 0.273. The van der Waals surface area contributed by atoms with Crippen LogP contribution in [0.25, 0.3) is 0 Å². The van der Waals surface area contributed by atoms with Gasteiger partial charge in [-0.25, -0.2) is 0 Å². The van der Waals surface area contributed by atoms with Crippen LogP contribution in [0, 0.1) is 0 Å². The Kier molecular flexibility index (Phi) is 5.33. The predicted octanol–water partition coefficient (Wildman–Crippen LogP) is 3.65. The zero-order valence-corrected chi connectivity index (χ0v) is 15.5. The molecule has 1 aromatic rings. The van der Waals surface area contributed by atoms with Gasteiger partial charge in [-0.2, -0.15) is 0 Å². The summed E-state index contributed by atoms with van der Waals surface area (Å²) in [7, 11) is 2.00. The number of benzene rings is 1. The molecule has 0 saturated carbocycles. The second kappa shape index (κ2) is 6.67.